The van der Waals surface area contributed by atoms with Gasteiger partial charge in [-0.1, -0.05) is 0 Å². The molecular formula is C9H17NO. The molecule has 0 bridgehead atoms. The Hall–Kier alpha value is -0.0800. The first-order chi connectivity index (χ1) is 5.25. The summed E-state index contributed by atoms with van der Waals surface area (Å²) in [5.74, 6) is 0. The number of rotatable bonds is 2. The maximum atomic E-state index is 5.82. The van der Waals surface area contributed by atoms with Gasteiger partial charge in [0, 0.05) is 12.6 Å². The molecule has 0 aromatic carbocycles. The van der Waals surface area contributed by atoms with E-state index in [1.807, 2.05) is 0 Å². The fourth-order valence-corrected chi connectivity index (χ4v) is 1.71. The summed E-state index contributed by atoms with van der Waals surface area (Å²) in [7, 11) is 2.18. The molecule has 2 fully saturated rings. The third-order valence-electron chi connectivity index (χ3n) is 2.76. The number of likely N-dealkylation sites (tertiary alicyclic amines) is 1. The van der Waals surface area contributed by atoms with Crippen LogP contribution in [-0.2, 0) is 4.74 Å². The third-order valence-corrected chi connectivity index (χ3v) is 2.76. The third kappa shape index (κ3) is 1.74. The molecule has 0 aromatic rings. The lowest BCUT2D eigenvalue weighted by atomic mass is 10.2. The topological polar surface area (TPSA) is 12.5 Å². The Morgan fingerprint density at radius 2 is 2.00 bits per heavy atom. The van der Waals surface area contributed by atoms with Crippen LogP contribution in [-0.4, -0.2) is 36.7 Å². The Balaban J connectivity index is 1.78. The quantitative estimate of drug-likeness (QED) is 0.595. The Bertz CT molecular complexity index is 132. The fourth-order valence-electron chi connectivity index (χ4n) is 1.71. The normalized spacial score (nSPS) is 39.8. The SMILES string of the molecule is C[C@@H]1C[C@H](OC2CC2)CN1C. The van der Waals surface area contributed by atoms with Crippen molar-refractivity contribution < 1.29 is 4.74 Å². The van der Waals surface area contributed by atoms with E-state index >= 15 is 0 Å². The zero-order chi connectivity index (χ0) is 7.84. The van der Waals surface area contributed by atoms with Gasteiger partial charge < -0.3 is 9.64 Å². The first-order valence-electron chi connectivity index (χ1n) is 4.61. The smallest absolute Gasteiger partial charge is 0.0720 e. The second kappa shape index (κ2) is 2.76. The van der Waals surface area contributed by atoms with Crippen molar-refractivity contribution in [2.45, 2.75) is 44.4 Å². The van der Waals surface area contributed by atoms with Crippen molar-refractivity contribution in [3.63, 3.8) is 0 Å². The summed E-state index contributed by atoms with van der Waals surface area (Å²) >= 11 is 0. The molecule has 0 amide bonds. The number of hydrogen-bond donors (Lipinski definition) is 0. The van der Waals surface area contributed by atoms with Gasteiger partial charge in [0.05, 0.1) is 12.2 Å². The Labute approximate surface area is 68.5 Å². The predicted molar refractivity (Wildman–Crippen MR) is 44.6 cm³/mol. The second-order valence-electron chi connectivity index (χ2n) is 3.98. The number of ether oxygens (including phenoxy) is 1. The highest BCUT2D eigenvalue weighted by atomic mass is 16.5. The van der Waals surface area contributed by atoms with E-state index in [0.717, 1.165) is 12.6 Å². The fraction of sp³-hybridized carbons (Fsp3) is 1.00. The van der Waals surface area contributed by atoms with E-state index < -0.39 is 0 Å². The first kappa shape index (κ1) is 7.56. The Morgan fingerprint density at radius 3 is 2.45 bits per heavy atom. The van der Waals surface area contributed by atoms with Crippen molar-refractivity contribution in [3.05, 3.63) is 0 Å². The molecule has 2 rings (SSSR count). The largest absolute Gasteiger partial charge is 0.374 e. The van der Waals surface area contributed by atoms with Crippen LogP contribution in [0.1, 0.15) is 26.2 Å². The highest BCUT2D eigenvalue weighted by Crippen LogP contribution is 2.29. The van der Waals surface area contributed by atoms with Gasteiger partial charge in [-0.2, -0.15) is 0 Å². The number of likely N-dealkylation sites (N-methyl/N-ethyl adjacent to an activating group) is 1. The molecule has 2 heteroatoms. The van der Waals surface area contributed by atoms with Gasteiger partial charge in [-0.25, -0.2) is 0 Å². The van der Waals surface area contributed by atoms with Gasteiger partial charge in [0.15, 0.2) is 0 Å². The van der Waals surface area contributed by atoms with Gasteiger partial charge in [0.2, 0.25) is 0 Å². The predicted octanol–water partition coefficient (Wildman–Crippen LogP) is 1.26. The van der Waals surface area contributed by atoms with Gasteiger partial charge in [0.1, 0.15) is 0 Å². The minimum absolute atomic E-state index is 0.530. The molecule has 11 heavy (non-hydrogen) atoms. The van der Waals surface area contributed by atoms with Gasteiger partial charge >= 0.3 is 0 Å². The minimum Gasteiger partial charge on any atom is -0.374 e. The molecule has 0 unspecified atom stereocenters. The maximum Gasteiger partial charge on any atom is 0.0720 e. The molecule has 0 spiro atoms. The summed E-state index contributed by atoms with van der Waals surface area (Å²) in [5.41, 5.74) is 0. The first-order valence-corrected chi connectivity index (χ1v) is 4.61. The van der Waals surface area contributed by atoms with E-state index in [9.17, 15) is 0 Å². The molecule has 2 nitrogen and oxygen atoms in total. The summed E-state index contributed by atoms with van der Waals surface area (Å²) in [5, 5.41) is 0. The van der Waals surface area contributed by atoms with Crippen molar-refractivity contribution in [1.82, 2.24) is 4.90 Å². The molecule has 1 saturated heterocycles. The van der Waals surface area contributed by atoms with Crippen molar-refractivity contribution in [2.24, 2.45) is 0 Å². The lowest BCUT2D eigenvalue weighted by Gasteiger charge is -2.12. The summed E-state index contributed by atoms with van der Waals surface area (Å²) in [6.45, 7) is 3.41. The van der Waals surface area contributed by atoms with Crippen molar-refractivity contribution in [3.8, 4) is 0 Å². The summed E-state index contributed by atoms with van der Waals surface area (Å²) in [6.07, 6.45) is 4.98. The molecule has 1 aliphatic carbocycles. The highest BCUT2D eigenvalue weighted by molar-refractivity contribution is 4.84. The zero-order valence-corrected chi connectivity index (χ0v) is 7.42. The van der Waals surface area contributed by atoms with Crippen LogP contribution in [0.3, 0.4) is 0 Å². The minimum atomic E-state index is 0.530. The second-order valence-corrected chi connectivity index (χ2v) is 3.98. The molecule has 1 saturated carbocycles. The molecule has 2 aliphatic rings. The Kier molecular flexibility index (Phi) is 1.90. The van der Waals surface area contributed by atoms with Crippen LogP contribution in [0, 0.1) is 0 Å². The van der Waals surface area contributed by atoms with E-state index in [1.165, 1.54) is 19.3 Å². The van der Waals surface area contributed by atoms with Crippen LogP contribution >= 0.6 is 0 Å². The maximum absolute atomic E-state index is 5.82. The molecule has 1 aliphatic heterocycles. The van der Waals surface area contributed by atoms with Crippen LogP contribution in [0.2, 0.25) is 0 Å². The van der Waals surface area contributed by atoms with Crippen LogP contribution < -0.4 is 0 Å². The van der Waals surface area contributed by atoms with E-state index in [-0.39, 0.29) is 0 Å². The standard InChI is InChI=1S/C9H17NO/c1-7-5-9(6-10(7)2)11-8-3-4-8/h7-9H,3-6H2,1-2H3/t7-,9+/m1/s1. The van der Waals surface area contributed by atoms with Crippen LogP contribution in [0.4, 0.5) is 0 Å². The van der Waals surface area contributed by atoms with E-state index in [1.54, 1.807) is 0 Å². The van der Waals surface area contributed by atoms with Crippen LogP contribution in [0.5, 0.6) is 0 Å². The van der Waals surface area contributed by atoms with Gasteiger partial charge in [-0.05, 0) is 33.2 Å². The molecule has 2 atom stereocenters. The lowest BCUT2D eigenvalue weighted by molar-refractivity contribution is 0.0476. The van der Waals surface area contributed by atoms with Gasteiger partial charge in [0.25, 0.3) is 0 Å². The molecule has 64 valence electrons. The molecule has 0 N–H and O–H groups in total. The summed E-state index contributed by atoms with van der Waals surface area (Å²) in [6, 6.07) is 0.721. The van der Waals surface area contributed by atoms with E-state index in [2.05, 4.69) is 18.9 Å². The van der Waals surface area contributed by atoms with Gasteiger partial charge in [-0.15, -0.1) is 0 Å². The average molecular weight is 155 g/mol. The zero-order valence-electron chi connectivity index (χ0n) is 7.42. The molecule has 1 heterocycles. The van der Waals surface area contributed by atoms with E-state index in [4.69, 9.17) is 4.74 Å². The van der Waals surface area contributed by atoms with Crippen molar-refractivity contribution in [1.29, 1.82) is 0 Å². The van der Waals surface area contributed by atoms with Crippen molar-refractivity contribution in [2.75, 3.05) is 13.6 Å². The molecular weight excluding hydrogens is 138 g/mol. The summed E-state index contributed by atoms with van der Waals surface area (Å²) in [4.78, 5) is 2.38. The molecule has 0 aromatic heterocycles. The highest BCUT2D eigenvalue weighted by Gasteiger charge is 2.32. The molecule has 0 radical (unpaired) electrons. The monoisotopic (exact) mass is 155 g/mol. The van der Waals surface area contributed by atoms with E-state index in [0.29, 0.717) is 12.2 Å². The average Bonchev–Trinajstić information content (AvgIpc) is 2.65. The van der Waals surface area contributed by atoms with Crippen molar-refractivity contribution >= 4 is 0 Å². The number of hydrogen-bond acceptors (Lipinski definition) is 2. The number of nitrogens with zero attached hydrogens (tertiary/aromatic N) is 1. The van der Waals surface area contributed by atoms with Crippen LogP contribution in [0.15, 0.2) is 0 Å². The summed E-state index contributed by atoms with van der Waals surface area (Å²) < 4.78 is 5.82. The lowest BCUT2D eigenvalue weighted by Crippen LogP contribution is -2.23. The van der Waals surface area contributed by atoms with Crippen LogP contribution in [0.25, 0.3) is 0 Å². The van der Waals surface area contributed by atoms with Gasteiger partial charge in [-0.3, -0.25) is 0 Å². The Morgan fingerprint density at radius 1 is 1.27 bits per heavy atom.